The molecule has 4 nitrogen and oxygen atoms in total. The van der Waals surface area contributed by atoms with E-state index in [1.165, 1.54) is 12.1 Å². The van der Waals surface area contributed by atoms with Crippen molar-refractivity contribution in [1.29, 1.82) is 0 Å². The van der Waals surface area contributed by atoms with Gasteiger partial charge in [-0.05, 0) is 18.2 Å². The van der Waals surface area contributed by atoms with Crippen molar-refractivity contribution in [3.05, 3.63) is 18.2 Å². The summed E-state index contributed by atoms with van der Waals surface area (Å²) in [6.45, 7) is 0.146. The van der Waals surface area contributed by atoms with Gasteiger partial charge >= 0.3 is 0 Å². The van der Waals surface area contributed by atoms with Gasteiger partial charge in [0.05, 0.1) is 10.6 Å². The first-order valence-corrected chi connectivity index (χ1v) is 6.46. The lowest BCUT2D eigenvalue weighted by Gasteiger charge is -2.10. The molecular formula is C11H13NO3S. The molecule has 86 valence electrons. The third kappa shape index (κ3) is 2.91. The molecule has 1 aromatic rings. The lowest BCUT2D eigenvalue weighted by Crippen LogP contribution is -2.02. The van der Waals surface area contributed by atoms with Gasteiger partial charge in [-0.3, -0.25) is 0 Å². The van der Waals surface area contributed by atoms with Gasteiger partial charge in [-0.15, -0.1) is 6.42 Å². The number of terminal acetylenes is 1. The van der Waals surface area contributed by atoms with Crippen LogP contribution in [0, 0.1) is 12.3 Å². The van der Waals surface area contributed by atoms with Crippen molar-refractivity contribution in [2.45, 2.75) is 4.90 Å². The number of rotatable bonds is 4. The first kappa shape index (κ1) is 12.4. The molecule has 0 aliphatic rings. The Kier molecular flexibility index (Phi) is 3.80. The highest BCUT2D eigenvalue weighted by Crippen LogP contribution is 2.27. The second-order valence-electron chi connectivity index (χ2n) is 3.17. The number of ether oxygens (including phenoxy) is 1. The van der Waals surface area contributed by atoms with Crippen LogP contribution < -0.4 is 10.1 Å². The van der Waals surface area contributed by atoms with E-state index in [9.17, 15) is 8.42 Å². The van der Waals surface area contributed by atoms with E-state index in [1.807, 2.05) is 0 Å². The van der Waals surface area contributed by atoms with Gasteiger partial charge in [0.1, 0.15) is 12.4 Å². The van der Waals surface area contributed by atoms with E-state index in [0.717, 1.165) is 6.26 Å². The molecule has 0 spiro atoms. The molecule has 0 aromatic heterocycles. The Balaban J connectivity index is 3.13. The predicted molar refractivity (Wildman–Crippen MR) is 63.4 cm³/mol. The molecule has 5 heteroatoms. The van der Waals surface area contributed by atoms with E-state index in [1.54, 1.807) is 13.1 Å². The maximum absolute atomic E-state index is 11.3. The number of hydrogen-bond donors (Lipinski definition) is 1. The SMILES string of the molecule is C#CCOc1ccc(S(C)(=O)=O)cc1NC. The van der Waals surface area contributed by atoms with Crippen LogP contribution in [0.1, 0.15) is 0 Å². The summed E-state index contributed by atoms with van der Waals surface area (Å²) in [5.74, 6) is 2.88. The third-order valence-electron chi connectivity index (χ3n) is 1.96. The van der Waals surface area contributed by atoms with Crippen molar-refractivity contribution < 1.29 is 13.2 Å². The van der Waals surface area contributed by atoms with Crippen LogP contribution in [-0.2, 0) is 9.84 Å². The fourth-order valence-corrected chi connectivity index (χ4v) is 1.83. The summed E-state index contributed by atoms with van der Waals surface area (Å²) in [5.41, 5.74) is 0.596. The first-order chi connectivity index (χ1) is 7.49. The third-order valence-corrected chi connectivity index (χ3v) is 3.07. The molecule has 0 aliphatic carbocycles. The van der Waals surface area contributed by atoms with Gasteiger partial charge in [0.25, 0.3) is 0 Å². The molecule has 1 aromatic carbocycles. The maximum atomic E-state index is 11.3. The number of nitrogens with one attached hydrogen (secondary N) is 1. The Morgan fingerprint density at radius 2 is 2.19 bits per heavy atom. The zero-order valence-corrected chi connectivity index (χ0v) is 9.97. The Morgan fingerprint density at radius 1 is 1.50 bits per heavy atom. The molecule has 0 unspecified atom stereocenters. The molecule has 0 bridgehead atoms. The predicted octanol–water partition coefficient (Wildman–Crippen LogP) is 1.14. The number of hydrogen-bond acceptors (Lipinski definition) is 4. The molecule has 0 amide bonds. The van der Waals surface area contributed by atoms with Gasteiger partial charge in [0.2, 0.25) is 0 Å². The fraction of sp³-hybridized carbons (Fsp3) is 0.273. The van der Waals surface area contributed by atoms with Crippen molar-refractivity contribution in [3.8, 4) is 18.1 Å². The quantitative estimate of drug-likeness (QED) is 0.801. The van der Waals surface area contributed by atoms with Crippen LogP contribution in [0.4, 0.5) is 5.69 Å². The van der Waals surface area contributed by atoms with Crippen LogP contribution in [0.15, 0.2) is 23.1 Å². The summed E-state index contributed by atoms with van der Waals surface area (Å²) in [4.78, 5) is 0.241. The molecule has 0 atom stereocenters. The summed E-state index contributed by atoms with van der Waals surface area (Å²) in [5, 5.41) is 2.86. The minimum absolute atomic E-state index is 0.146. The average Bonchev–Trinajstić information content (AvgIpc) is 2.24. The summed E-state index contributed by atoms with van der Waals surface area (Å²) in [6.07, 6.45) is 6.23. The van der Waals surface area contributed by atoms with Crippen molar-refractivity contribution in [1.82, 2.24) is 0 Å². The Labute approximate surface area is 95.5 Å². The number of benzene rings is 1. The van der Waals surface area contributed by atoms with Gasteiger partial charge < -0.3 is 10.1 Å². The Morgan fingerprint density at radius 3 is 2.69 bits per heavy atom. The van der Waals surface area contributed by atoms with Gasteiger partial charge in [0, 0.05) is 13.3 Å². The highest BCUT2D eigenvalue weighted by atomic mass is 32.2. The molecule has 1 N–H and O–H groups in total. The second kappa shape index (κ2) is 4.90. The summed E-state index contributed by atoms with van der Waals surface area (Å²) in [6, 6.07) is 4.59. The molecule has 0 saturated heterocycles. The largest absolute Gasteiger partial charge is 0.479 e. The highest BCUT2D eigenvalue weighted by molar-refractivity contribution is 7.90. The standard InChI is InChI=1S/C11H13NO3S/c1-4-7-15-11-6-5-9(16(3,13)14)8-10(11)12-2/h1,5-6,8,12H,7H2,2-3H3. The molecular weight excluding hydrogens is 226 g/mol. The van der Waals surface area contributed by atoms with E-state index >= 15 is 0 Å². The maximum Gasteiger partial charge on any atom is 0.175 e. The lowest BCUT2D eigenvalue weighted by molar-refractivity contribution is 0.372. The van der Waals surface area contributed by atoms with Crippen molar-refractivity contribution >= 4 is 15.5 Å². The summed E-state index contributed by atoms with van der Waals surface area (Å²) in [7, 11) is -1.52. The van der Waals surface area contributed by atoms with Crippen LogP contribution in [0.2, 0.25) is 0 Å². The normalized spacial score (nSPS) is 10.6. The van der Waals surface area contributed by atoms with Crippen LogP contribution in [0.5, 0.6) is 5.75 Å². The van der Waals surface area contributed by atoms with Crippen LogP contribution in [0.3, 0.4) is 0 Å². The monoisotopic (exact) mass is 239 g/mol. The summed E-state index contributed by atoms with van der Waals surface area (Å²) < 4.78 is 27.9. The van der Waals surface area contributed by atoms with Crippen LogP contribution in [0.25, 0.3) is 0 Å². The topological polar surface area (TPSA) is 55.4 Å². The minimum atomic E-state index is -3.21. The highest BCUT2D eigenvalue weighted by Gasteiger charge is 2.10. The Bertz CT molecular complexity index is 515. The molecule has 0 fully saturated rings. The fourth-order valence-electron chi connectivity index (χ4n) is 1.18. The molecule has 0 saturated carbocycles. The molecule has 16 heavy (non-hydrogen) atoms. The second-order valence-corrected chi connectivity index (χ2v) is 5.19. The zero-order valence-electron chi connectivity index (χ0n) is 9.15. The smallest absolute Gasteiger partial charge is 0.175 e. The summed E-state index contributed by atoms with van der Waals surface area (Å²) >= 11 is 0. The van der Waals surface area contributed by atoms with Gasteiger partial charge in [-0.2, -0.15) is 0 Å². The van der Waals surface area contributed by atoms with E-state index in [4.69, 9.17) is 11.2 Å². The van der Waals surface area contributed by atoms with E-state index in [2.05, 4.69) is 11.2 Å². The van der Waals surface area contributed by atoms with E-state index in [0.29, 0.717) is 11.4 Å². The van der Waals surface area contributed by atoms with Crippen molar-refractivity contribution in [2.24, 2.45) is 0 Å². The lowest BCUT2D eigenvalue weighted by atomic mass is 10.3. The number of anilines is 1. The first-order valence-electron chi connectivity index (χ1n) is 4.57. The van der Waals surface area contributed by atoms with Crippen LogP contribution in [-0.4, -0.2) is 28.3 Å². The van der Waals surface area contributed by atoms with E-state index in [-0.39, 0.29) is 11.5 Å². The van der Waals surface area contributed by atoms with E-state index < -0.39 is 9.84 Å². The zero-order chi connectivity index (χ0) is 12.2. The molecule has 0 radical (unpaired) electrons. The van der Waals surface area contributed by atoms with Crippen LogP contribution >= 0.6 is 0 Å². The van der Waals surface area contributed by atoms with Crippen molar-refractivity contribution in [2.75, 3.05) is 25.2 Å². The van der Waals surface area contributed by atoms with Gasteiger partial charge in [-0.1, -0.05) is 5.92 Å². The van der Waals surface area contributed by atoms with Gasteiger partial charge in [-0.25, -0.2) is 8.42 Å². The van der Waals surface area contributed by atoms with Gasteiger partial charge in [0.15, 0.2) is 9.84 Å². The molecule has 0 aliphatic heterocycles. The minimum Gasteiger partial charge on any atom is -0.479 e. The number of sulfone groups is 1. The molecule has 1 rings (SSSR count). The Hall–Kier alpha value is -1.67. The average molecular weight is 239 g/mol. The van der Waals surface area contributed by atoms with Crippen molar-refractivity contribution in [3.63, 3.8) is 0 Å². The molecule has 0 heterocycles.